The van der Waals surface area contributed by atoms with Crippen LogP contribution in [0.2, 0.25) is 0 Å². The van der Waals surface area contributed by atoms with Gasteiger partial charge in [-0.25, -0.2) is 9.50 Å². The Bertz CT molecular complexity index is 625. The van der Waals surface area contributed by atoms with Crippen LogP contribution in [0.25, 0.3) is 5.65 Å². The summed E-state index contributed by atoms with van der Waals surface area (Å²) in [6.07, 6.45) is 1.17. The van der Waals surface area contributed by atoms with Gasteiger partial charge in [0, 0.05) is 26.2 Å². The minimum absolute atomic E-state index is 0.405. The fourth-order valence-corrected chi connectivity index (χ4v) is 3.19. The predicted molar refractivity (Wildman–Crippen MR) is 82.9 cm³/mol. The van der Waals surface area contributed by atoms with Crippen molar-refractivity contribution in [2.45, 2.75) is 19.0 Å². The molecule has 0 radical (unpaired) electrons. The molecule has 0 amide bonds. The van der Waals surface area contributed by atoms with Crippen molar-refractivity contribution in [3.63, 3.8) is 0 Å². The Labute approximate surface area is 126 Å². The van der Waals surface area contributed by atoms with Gasteiger partial charge in [0.05, 0.1) is 5.69 Å². The molecule has 20 heavy (non-hydrogen) atoms. The van der Waals surface area contributed by atoms with E-state index >= 15 is 0 Å². The van der Waals surface area contributed by atoms with Crippen molar-refractivity contribution in [2.24, 2.45) is 5.73 Å². The first-order chi connectivity index (χ1) is 9.60. The Morgan fingerprint density at radius 2 is 2.30 bits per heavy atom. The summed E-state index contributed by atoms with van der Waals surface area (Å²) >= 11 is 3.52. The first-order valence-corrected chi connectivity index (χ1v) is 7.55. The van der Waals surface area contributed by atoms with Gasteiger partial charge in [0.1, 0.15) is 10.4 Å². The lowest BCUT2D eigenvalue weighted by Crippen LogP contribution is -2.34. The van der Waals surface area contributed by atoms with Gasteiger partial charge in [0.2, 0.25) is 0 Å². The largest absolute Gasteiger partial charge is 0.354 e. The lowest BCUT2D eigenvalue weighted by atomic mass is 10.2. The number of fused-ring (bicyclic) bond motifs is 1. The topological polar surface area (TPSA) is 62.7 Å². The van der Waals surface area contributed by atoms with Crippen molar-refractivity contribution < 1.29 is 0 Å². The second-order valence-electron chi connectivity index (χ2n) is 5.33. The van der Waals surface area contributed by atoms with Gasteiger partial charge >= 0.3 is 0 Å². The zero-order valence-electron chi connectivity index (χ0n) is 11.8. The molecule has 2 aromatic heterocycles. The summed E-state index contributed by atoms with van der Waals surface area (Å²) in [7, 11) is 4.26. The summed E-state index contributed by atoms with van der Waals surface area (Å²) in [6, 6.07) is 4.52. The maximum absolute atomic E-state index is 5.68. The monoisotopic (exact) mass is 338 g/mol. The third kappa shape index (κ3) is 2.30. The third-order valence-electron chi connectivity index (χ3n) is 3.94. The van der Waals surface area contributed by atoms with Gasteiger partial charge in [0.25, 0.3) is 0 Å². The number of nitrogens with two attached hydrogens (primary N) is 1. The SMILES string of the molecule is CN1CCC(N(C)c2ccc3nc(CN)c(Br)n3n2)C1. The molecular formula is C13H19BrN6. The summed E-state index contributed by atoms with van der Waals surface area (Å²) in [6.45, 7) is 2.63. The Kier molecular flexibility index (Phi) is 3.66. The van der Waals surface area contributed by atoms with Crippen LogP contribution in [0.1, 0.15) is 12.1 Å². The molecule has 108 valence electrons. The summed E-state index contributed by atoms with van der Waals surface area (Å²) in [4.78, 5) is 9.04. The number of anilines is 1. The van der Waals surface area contributed by atoms with Crippen LogP contribution in [-0.2, 0) is 6.54 Å². The molecule has 1 atom stereocenters. The van der Waals surface area contributed by atoms with E-state index in [1.807, 2.05) is 16.6 Å². The van der Waals surface area contributed by atoms with Crippen LogP contribution in [-0.4, -0.2) is 52.7 Å². The molecular weight excluding hydrogens is 320 g/mol. The van der Waals surface area contributed by atoms with Crippen molar-refractivity contribution in [1.82, 2.24) is 19.5 Å². The van der Waals surface area contributed by atoms with Crippen molar-refractivity contribution in [2.75, 3.05) is 32.1 Å². The molecule has 3 heterocycles. The molecule has 3 rings (SSSR count). The molecule has 6 nitrogen and oxygen atoms in total. The average molecular weight is 339 g/mol. The highest BCUT2D eigenvalue weighted by Crippen LogP contribution is 2.22. The van der Waals surface area contributed by atoms with E-state index in [9.17, 15) is 0 Å². The summed E-state index contributed by atoms with van der Waals surface area (Å²) < 4.78 is 2.65. The standard InChI is InChI=1S/C13H19BrN6/c1-18-6-5-9(8-18)19(2)12-4-3-11-16-10(7-15)13(14)20(11)17-12/h3-4,9H,5-8,15H2,1-2H3. The van der Waals surface area contributed by atoms with Gasteiger partial charge in [-0.3, -0.25) is 0 Å². The lowest BCUT2D eigenvalue weighted by molar-refractivity contribution is 0.409. The van der Waals surface area contributed by atoms with E-state index < -0.39 is 0 Å². The lowest BCUT2D eigenvalue weighted by Gasteiger charge is -2.25. The molecule has 1 unspecified atom stereocenters. The van der Waals surface area contributed by atoms with Gasteiger partial charge in [-0.2, -0.15) is 0 Å². The highest BCUT2D eigenvalue weighted by molar-refractivity contribution is 9.10. The second-order valence-corrected chi connectivity index (χ2v) is 6.08. The average Bonchev–Trinajstić information content (AvgIpc) is 3.02. The van der Waals surface area contributed by atoms with Crippen LogP contribution >= 0.6 is 15.9 Å². The Morgan fingerprint density at radius 3 is 2.95 bits per heavy atom. The van der Waals surface area contributed by atoms with E-state index in [1.165, 1.54) is 6.42 Å². The number of aromatic nitrogens is 3. The van der Waals surface area contributed by atoms with Gasteiger partial charge in [-0.05, 0) is 48.1 Å². The van der Waals surface area contributed by atoms with Crippen molar-refractivity contribution in [3.8, 4) is 0 Å². The molecule has 2 N–H and O–H groups in total. The number of likely N-dealkylation sites (tertiary alicyclic amines) is 1. The Morgan fingerprint density at radius 1 is 1.50 bits per heavy atom. The minimum atomic E-state index is 0.405. The van der Waals surface area contributed by atoms with E-state index in [0.717, 1.165) is 34.9 Å². The predicted octanol–water partition coefficient (Wildman–Crippen LogP) is 1.09. The van der Waals surface area contributed by atoms with E-state index in [4.69, 9.17) is 5.73 Å². The summed E-state index contributed by atoms with van der Waals surface area (Å²) in [5.41, 5.74) is 7.33. The molecule has 0 aliphatic carbocycles. The number of rotatable bonds is 3. The van der Waals surface area contributed by atoms with Crippen molar-refractivity contribution in [3.05, 3.63) is 22.4 Å². The maximum atomic E-state index is 5.68. The van der Waals surface area contributed by atoms with E-state index in [1.54, 1.807) is 0 Å². The molecule has 0 saturated carbocycles. The van der Waals surface area contributed by atoms with Crippen LogP contribution in [0.5, 0.6) is 0 Å². The van der Waals surface area contributed by atoms with Crippen LogP contribution in [0.3, 0.4) is 0 Å². The molecule has 0 bridgehead atoms. The molecule has 2 aromatic rings. The first-order valence-electron chi connectivity index (χ1n) is 6.75. The minimum Gasteiger partial charge on any atom is -0.354 e. The molecule has 1 aliphatic rings. The number of hydrogen-bond donors (Lipinski definition) is 1. The highest BCUT2D eigenvalue weighted by atomic mass is 79.9. The van der Waals surface area contributed by atoms with Gasteiger partial charge in [-0.15, -0.1) is 5.10 Å². The van der Waals surface area contributed by atoms with Crippen LogP contribution < -0.4 is 10.6 Å². The quantitative estimate of drug-likeness (QED) is 0.907. The molecule has 1 aliphatic heterocycles. The summed E-state index contributed by atoms with van der Waals surface area (Å²) in [5, 5.41) is 4.67. The number of halogens is 1. The van der Waals surface area contributed by atoms with E-state index in [0.29, 0.717) is 12.6 Å². The maximum Gasteiger partial charge on any atom is 0.155 e. The zero-order valence-corrected chi connectivity index (χ0v) is 13.3. The van der Waals surface area contributed by atoms with Crippen molar-refractivity contribution in [1.29, 1.82) is 0 Å². The van der Waals surface area contributed by atoms with Crippen LogP contribution in [0.4, 0.5) is 5.82 Å². The number of likely N-dealkylation sites (N-methyl/N-ethyl adjacent to an activating group) is 2. The fraction of sp³-hybridized carbons (Fsp3) is 0.538. The number of hydrogen-bond acceptors (Lipinski definition) is 5. The van der Waals surface area contributed by atoms with Crippen LogP contribution in [0.15, 0.2) is 16.7 Å². The zero-order chi connectivity index (χ0) is 14.3. The first kappa shape index (κ1) is 13.8. The van der Waals surface area contributed by atoms with Gasteiger partial charge < -0.3 is 15.5 Å². The summed E-state index contributed by atoms with van der Waals surface area (Å²) in [5.74, 6) is 0.958. The second kappa shape index (κ2) is 5.31. The fourth-order valence-electron chi connectivity index (χ4n) is 2.68. The van der Waals surface area contributed by atoms with Gasteiger partial charge in [0.15, 0.2) is 5.65 Å². The molecule has 0 spiro atoms. The molecule has 1 saturated heterocycles. The number of imidazole rings is 1. The Hall–Kier alpha value is -1.18. The highest BCUT2D eigenvalue weighted by Gasteiger charge is 2.24. The van der Waals surface area contributed by atoms with E-state index in [2.05, 4.69) is 49.9 Å². The van der Waals surface area contributed by atoms with E-state index in [-0.39, 0.29) is 0 Å². The Balaban J connectivity index is 1.94. The number of nitrogens with zero attached hydrogens (tertiary/aromatic N) is 5. The molecule has 7 heteroatoms. The molecule has 1 fully saturated rings. The third-order valence-corrected chi connectivity index (χ3v) is 4.74. The van der Waals surface area contributed by atoms with Crippen LogP contribution in [0, 0.1) is 0 Å². The normalized spacial score (nSPS) is 19.9. The van der Waals surface area contributed by atoms with Gasteiger partial charge in [-0.1, -0.05) is 0 Å². The van der Waals surface area contributed by atoms with Crippen molar-refractivity contribution >= 4 is 27.4 Å². The smallest absolute Gasteiger partial charge is 0.155 e. The molecule has 0 aromatic carbocycles.